The highest BCUT2D eigenvalue weighted by Crippen LogP contribution is 2.35. The van der Waals surface area contributed by atoms with Gasteiger partial charge in [0.15, 0.2) is 0 Å². The molecule has 1 rings (SSSR count). The Morgan fingerprint density at radius 3 is 2.79 bits per heavy atom. The third-order valence-corrected chi connectivity index (χ3v) is 2.88. The summed E-state index contributed by atoms with van der Waals surface area (Å²) in [6.45, 7) is 2.05. The predicted octanol–water partition coefficient (Wildman–Crippen LogP) is 3.61. The fraction of sp³-hybridized carbons (Fsp3) is 0.400. The van der Waals surface area contributed by atoms with E-state index in [0.29, 0.717) is 15.1 Å². The molecule has 14 heavy (non-hydrogen) atoms. The predicted molar refractivity (Wildman–Crippen MR) is 62.7 cm³/mol. The molecule has 2 nitrogen and oxygen atoms in total. The molecular weight excluding hydrogens is 265 g/mol. The maximum Gasteiger partial charge on any atom is 0.134 e. The molecule has 3 N–H and O–H groups in total. The molecule has 78 valence electrons. The molecule has 0 unspecified atom stereocenters. The van der Waals surface area contributed by atoms with Gasteiger partial charge in [-0.2, -0.15) is 0 Å². The molecule has 0 bridgehead atoms. The summed E-state index contributed by atoms with van der Waals surface area (Å²) in [5, 5.41) is 10.3. The summed E-state index contributed by atoms with van der Waals surface area (Å²) < 4.78 is 0.589. The molecule has 4 heteroatoms. The highest BCUT2D eigenvalue weighted by atomic mass is 79.9. The van der Waals surface area contributed by atoms with Gasteiger partial charge in [-0.05, 0) is 34.5 Å². The van der Waals surface area contributed by atoms with E-state index in [1.54, 1.807) is 12.1 Å². The van der Waals surface area contributed by atoms with Gasteiger partial charge < -0.3 is 10.8 Å². The van der Waals surface area contributed by atoms with E-state index in [-0.39, 0.29) is 11.8 Å². The fourth-order valence-electron chi connectivity index (χ4n) is 1.34. The molecule has 0 amide bonds. The molecule has 0 spiro atoms. The molecule has 0 aliphatic carbocycles. The number of benzene rings is 1. The van der Waals surface area contributed by atoms with E-state index in [1.165, 1.54) is 0 Å². The van der Waals surface area contributed by atoms with Gasteiger partial charge in [0.05, 0.1) is 4.47 Å². The van der Waals surface area contributed by atoms with E-state index < -0.39 is 0 Å². The van der Waals surface area contributed by atoms with E-state index in [9.17, 15) is 5.11 Å². The van der Waals surface area contributed by atoms with Crippen molar-refractivity contribution in [2.75, 3.05) is 0 Å². The van der Waals surface area contributed by atoms with Crippen LogP contribution in [-0.2, 0) is 0 Å². The highest BCUT2D eigenvalue weighted by Gasteiger charge is 2.13. The Balaban J connectivity index is 3.07. The van der Waals surface area contributed by atoms with Crippen LogP contribution in [0.15, 0.2) is 16.6 Å². The van der Waals surface area contributed by atoms with E-state index in [4.69, 9.17) is 17.3 Å². The average Bonchev–Trinajstić information content (AvgIpc) is 2.11. The average molecular weight is 279 g/mol. The first-order valence-electron chi connectivity index (χ1n) is 4.49. The Labute approximate surface area is 97.2 Å². The molecule has 1 aromatic rings. The number of nitrogens with two attached hydrogens (primary N) is 1. The Morgan fingerprint density at radius 2 is 2.21 bits per heavy atom. The number of phenols is 1. The standard InChI is InChI=1S/C10H13BrClNO/c1-2-3-9(13)7-4-6(12)5-8(11)10(7)14/h4-5,9,14H,2-3,13H2,1H3/t9-/m0/s1. The summed E-state index contributed by atoms with van der Waals surface area (Å²) >= 11 is 9.10. The van der Waals surface area contributed by atoms with Gasteiger partial charge in [0.2, 0.25) is 0 Å². The lowest BCUT2D eigenvalue weighted by Crippen LogP contribution is -2.10. The van der Waals surface area contributed by atoms with E-state index in [2.05, 4.69) is 22.9 Å². The van der Waals surface area contributed by atoms with E-state index >= 15 is 0 Å². The van der Waals surface area contributed by atoms with E-state index in [1.807, 2.05) is 0 Å². The first-order valence-corrected chi connectivity index (χ1v) is 5.66. The van der Waals surface area contributed by atoms with Gasteiger partial charge in [-0.25, -0.2) is 0 Å². The van der Waals surface area contributed by atoms with Crippen LogP contribution in [0.4, 0.5) is 0 Å². The van der Waals surface area contributed by atoms with Crippen LogP contribution in [0, 0.1) is 0 Å². The molecule has 0 aromatic heterocycles. The van der Waals surface area contributed by atoms with Crippen LogP contribution in [0.25, 0.3) is 0 Å². The van der Waals surface area contributed by atoms with Crippen LogP contribution in [-0.4, -0.2) is 5.11 Å². The van der Waals surface area contributed by atoms with Gasteiger partial charge in [-0.1, -0.05) is 24.9 Å². The molecule has 0 heterocycles. The first kappa shape index (κ1) is 11.8. The second-order valence-corrected chi connectivity index (χ2v) is 4.51. The van der Waals surface area contributed by atoms with Crippen molar-refractivity contribution in [1.29, 1.82) is 0 Å². The zero-order valence-electron chi connectivity index (χ0n) is 7.93. The number of rotatable bonds is 3. The van der Waals surface area contributed by atoms with Gasteiger partial charge in [0.1, 0.15) is 5.75 Å². The summed E-state index contributed by atoms with van der Waals surface area (Å²) in [6, 6.07) is 3.20. The van der Waals surface area contributed by atoms with Crippen molar-refractivity contribution in [3.63, 3.8) is 0 Å². The van der Waals surface area contributed by atoms with Crippen LogP contribution in [0.5, 0.6) is 5.75 Å². The molecule has 0 aliphatic heterocycles. The molecule has 0 saturated carbocycles. The monoisotopic (exact) mass is 277 g/mol. The second-order valence-electron chi connectivity index (χ2n) is 3.22. The van der Waals surface area contributed by atoms with Crippen LogP contribution < -0.4 is 5.73 Å². The highest BCUT2D eigenvalue weighted by molar-refractivity contribution is 9.10. The van der Waals surface area contributed by atoms with Crippen molar-refractivity contribution >= 4 is 27.5 Å². The SMILES string of the molecule is CCC[C@H](N)c1cc(Cl)cc(Br)c1O. The maximum absolute atomic E-state index is 9.73. The normalized spacial score (nSPS) is 12.9. The van der Waals surface area contributed by atoms with Crippen molar-refractivity contribution in [3.8, 4) is 5.75 Å². The van der Waals surface area contributed by atoms with Crippen molar-refractivity contribution in [2.24, 2.45) is 5.73 Å². The Hall–Kier alpha value is -0.250. The lowest BCUT2D eigenvalue weighted by molar-refractivity contribution is 0.454. The zero-order valence-corrected chi connectivity index (χ0v) is 10.3. The van der Waals surface area contributed by atoms with Crippen LogP contribution in [0.3, 0.4) is 0 Å². The Morgan fingerprint density at radius 1 is 1.57 bits per heavy atom. The number of aromatic hydroxyl groups is 1. The molecule has 0 radical (unpaired) electrons. The smallest absolute Gasteiger partial charge is 0.134 e. The van der Waals surface area contributed by atoms with Gasteiger partial charge >= 0.3 is 0 Å². The molecule has 0 aliphatic rings. The number of halogens is 2. The summed E-state index contributed by atoms with van der Waals surface area (Å²) in [6.07, 6.45) is 1.81. The number of hydrogen-bond acceptors (Lipinski definition) is 2. The van der Waals surface area contributed by atoms with Gasteiger partial charge in [-0.3, -0.25) is 0 Å². The molecule has 1 atom stereocenters. The Kier molecular flexibility index (Phi) is 4.23. The van der Waals surface area contributed by atoms with Crippen LogP contribution >= 0.6 is 27.5 Å². The topological polar surface area (TPSA) is 46.2 Å². The van der Waals surface area contributed by atoms with Gasteiger partial charge in [0, 0.05) is 16.6 Å². The third-order valence-electron chi connectivity index (χ3n) is 2.06. The molecule has 1 aromatic carbocycles. The first-order chi connectivity index (χ1) is 6.56. The van der Waals surface area contributed by atoms with Crippen molar-refractivity contribution in [2.45, 2.75) is 25.8 Å². The summed E-state index contributed by atoms with van der Waals surface area (Å²) in [4.78, 5) is 0. The Bertz CT molecular complexity index is 330. The molecule has 0 saturated heterocycles. The van der Waals surface area contributed by atoms with Crippen LogP contribution in [0.1, 0.15) is 31.4 Å². The third kappa shape index (κ3) is 2.62. The van der Waals surface area contributed by atoms with E-state index in [0.717, 1.165) is 12.8 Å². The van der Waals surface area contributed by atoms with Crippen molar-refractivity contribution < 1.29 is 5.11 Å². The summed E-state index contributed by atoms with van der Waals surface area (Å²) in [7, 11) is 0. The largest absolute Gasteiger partial charge is 0.506 e. The maximum atomic E-state index is 9.73. The minimum Gasteiger partial charge on any atom is -0.506 e. The molecular formula is C10H13BrClNO. The van der Waals surface area contributed by atoms with Crippen molar-refractivity contribution in [1.82, 2.24) is 0 Å². The summed E-state index contributed by atoms with van der Waals surface area (Å²) in [5.41, 5.74) is 6.60. The quantitative estimate of drug-likeness (QED) is 0.887. The van der Waals surface area contributed by atoms with Crippen molar-refractivity contribution in [3.05, 3.63) is 27.2 Å². The van der Waals surface area contributed by atoms with Gasteiger partial charge in [-0.15, -0.1) is 0 Å². The number of phenolic OH excluding ortho intramolecular Hbond substituents is 1. The fourth-order valence-corrected chi connectivity index (χ4v) is 2.17. The second kappa shape index (κ2) is 5.01. The zero-order chi connectivity index (χ0) is 10.7. The van der Waals surface area contributed by atoms with Gasteiger partial charge in [0.25, 0.3) is 0 Å². The minimum atomic E-state index is -0.157. The summed E-state index contributed by atoms with van der Waals surface area (Å²) in [5.74, 6) is 0.190. The number of hydrogen-bond donors (Lipinski definition) is 2. The molecule has 0 fully saturated rings. The van der Waals surface area contributed by atoms with Crippen LogP contribution in [0.2, 0.25) is 5.02 Å². The minimum absolute atomic E-state index is 0.157. The lowest BCUT2D eigenvalue weighted by Gasteiger charge is -2.14. The lowest BCUT2D eigenvalue weighted by atomic mass is 10.0.